The Balaban J connectivity index is 1.56. The van der Waals surface area contributed by atoms with E-state index in [0.29, 0.717) is 31.9 Å². The quantitative estimate of drug-likeness (QED) is 0.896. The van der Waals surface area contributed by atoms with Crippen LogP contribution < -0.4 is 15.8 Å². The molecular weight excluding hydrogens is 323 g/mol. The van der Waals surface area contributed by atoms with E-state index >= 15 is 0 Å². The summed E-state index contributed by atoms with van der Waals surface area (Å²) in [5.41, 5.74) is 1.12. The molecule has 2 heterocycles. The van der Waals surface area contributed by atoms with Crippen molar-refractivity contribution in [3.63, 3.8) is 0 Å². The number of para-hydroxylation sites is 1. The molecule has 132 valence electrons. The number of piperazine rings is 1. The summed E-state index contributed by atoms with van der Waals surface area (Å²) in [6.07, 6.45) is 1.56. The Labute approximate surface area is 145 Å². The van der Waals surface area contributed by atoms with E-state index < -0.39 is 0 Å². The van der Waals surface area contributed by atoms with E-state index in [1.165, 1.54) is 12.1 Å². The molecule has 7 heteroatoms. The lowest BCUT2D eigenvalue weighted by Crippen LogP contribution is -2.52. The highest BCUT2D eigenvalue weighted by Gasteiger charge is 2.23. The van der Waals surface area contributed by atoms with Crippen molar-refractivity contribution in [2.45, 2.75) is 13.0 Å². The van der Waals surface area contributed by atoms with E-state index in [9.17, 15) is 14.0 Å². The number of amides is 2. The Morgan fingerprint density at radius 2 is 1.92 bits per heavy atom. The second kappa shape index (κ2) is 7.38. The summed E-state index contributed by atoms with van der Waals surface area (Å²) < 4.78 is 13.9. The lowest BCUT2D eigenvalue weighted by Gasteiger charge is -2.36. The predicted molar refractivity (Wildman–Crippen MR) is 94.2 cm³/mol. The molecule has 0 spiro atoms. The molecule has 1 unspecified atom stereocenters. The number of carbonyl (C=O) groups is 1. The molecule has 3 rings (SSSR count). The minimum absolute atomic E-state index is 0.180. The summed E-state index contributed by atoms with van der Waals surface area (Å²) >= 11 is 0. The van der Waals surface area contributed by atoms with Crippen LogP contribution in [0, 0.1) is 5.82 Å². The van der Waals surface area contributed by atoms with Crippen LogP contribution in [-0.2, 0) is 0 Å². The number of carbonyl (C=O) groups excluding carboxylic acids is 1. The first-order valence-electron chi connectivity index (χ1n) is 8.28. The smallest absolute Gasteiger partial charge is 0.317 e. The maximum atomic E-state index is 13.9. The fourth-order valence-corrected chi connectivity index (χ4v) is 2.95. The van der Waals surface area contributed by atoms with Gasteiger partial charge in [-0.05, 0) is 30.7 Å². The van der Waals surface area contributed by atoms with Gasteiger partial charge in [0.15, 0.2) is 0 Å². The van der Waals surface area contributed by atoms with E-state index in [0.717, 1.165) is 5.56 Å². The fraction of sp³-hybridized carbons (Fsp3) is 0.333. The number of anilines is 1. The van der Waals surface area contributed by atoms with Crippen LogP contribution in [0.4, 0.5) is 14.9 Å². The van der Waals surface area contributed by atoms with Gasteiger partial charge in [-0.25, -0.2) is 9.18 Å². The van der Waals surface area contributed by atoms with Crippen LogP contribution in [-0.4, -0.2) is 42.1 Å². The minimum Gasteiger partial charge on any atom is -0.366 e. The number of hydrogen-bond donors (Lipinski definition) is 2. The molecule has 1 aromatic heterocycles. The Hall–Kier alpha value is -2.83. The van der Waals surface area contributed by atoms with Crippen LogP contribution in [0.15, 0.2) is 47.4 Å². The molecule has 0 aliphatic carbocycles. The Bertz CT molecular complexity index is 799. The molecule has 1 aliphatic rings. The summed E-state index contributed by atoms with van der Waals surface area (Å²) in [6, 6.07) is 9.46. The third-order valence-corrected chi connectivity index (χ3v) is 4.40. The number of H-pyrrole nitrogens is 1. The first kappa shape index (κ1) is 17.0. The largest absolute Gasteiger partial charge is 0.366 e. The number of hydrogen-bond acceptors (Lipinski definition) is 3. The van der Waals surface area contributed by atoms with Gasteiger partial charge < -0.3 is 20.1 Å². The lowest BCUT2D eigenvalue weighted by atomic mass is 10.1. The van der Waals surface area contributed by atoms with E-state index in [1.807, 2.05) is 11.8 Å². The highest BCUT2D eigenvalue weighted by molar-refractivity contribution is 5.75. The molecular formula is C18H21FN4O2. The summed E-state index contributed by atoms with van der Waals surface area (Å²) in [7, 11) is 0. The van der Waals surface area contributed by atoms with Crippen LogP contribution in [0.3, 0.4) is 0 Å². The van der Waals surface area contributed by atoms with Crippen LogP contribution >= 0.6 is 0 Å². The minimum atomic E-state index is -0.264. The molecule has 1 saturated heterocycles. The van der Waals surface area contributed by atoms with Gasteiger partial charge >= 0.3 is 6.03 Å². The Kier molecular flexibility index (Phi) is 5.02. The van der Waals surface area contributed by atoms with Gasteiger partial charge in [0, 0.05) is 38.4 Å². The zero-order valence-corrected chi connectivity index (χ0v) is 14.0. The third kappa shape index (κ3) is 3.99. The molecule has 25 heavy (non-hydrogen) atoms. The van der Waals surface area contributed by atoms with Gasteiger partial charge in [0.05, 0.1) is 11.7 Å². The first-order valence-corrected chi connectivity index (χ1v) is 8.28. The average molecular weight is 344 g/mol. The standard InChI is InChI=1S/C18H21FN4O2/c1-13(14-6-7-20-17(24)12-14)21-18(25)23-10-8-22(9-11-23)16-5-3-2-4-15(16)19/h2-7,12-13H,8-11H2,1H3,(H,20,24)(H,21,25). The van der Waals surface area contributed by atoms with Gasteiger partial charge in [0.1, 0.15) is 5.82 Å². The SMILES string of the molecule is CC(NC(=O)N1CCN(c2ccccc2F)CC1)c1cc[nH]c(=O)c1. The molecule has 2 amide bonds. The highest BCUT2D eigenvalue weighted by Crippen LogP contribution is 2.20. The molecule has 1 atom stereocenters. The van der Waals surface area contributed by atoms with Crippen molar-refractivity contribution in [1.82, 2.24) is 15.2 Å². The van der Waals surface area contributed by atoms with Crippen molar-refractivity contribution >= 4 is 11.7 Å². The van der Waals surface area contributed by atoms with Crippen molar-refractivity contribution in [1.29, 1.82) is 0 Å². The summed E-state index contributed by atoms with van der Waals surface area (Å²) in [4.78, 5) is 30.0. The number of halogens is 1. The summed E-state index contributed by atoms with van der Waals surface area (Å²) in [5.74, 6) is -0.247. The molecule has 0 radical (unpaired) electrons. The van der Waals surface area contributed by atoms with Gasteiger partial charge in [-0.15, -0.1) is 0 Å². The maximum absolute atomic E-state index is 13.9. The van der Waals surface area contributed by atoms with Crippen molar-refractivity contribution in [2.24, 2.45) is 0 Å². The Morgan fingerprint density at radius 1 is 1.20 bits per heavy atom. The zero-order chi connectivity index (χ0) is 17.8. The number of nitrogens with zero attached hydrogens (tertiary/aromatic N) is 2. The van der Waals surface area contributed by atoms with Gasteiger partial charge in [-0.3, -0.25) is 4.79 Å². The number of nitrogens with one attached hydrogen (secondary N) is 2. The van der Waals surface area contributed by atoms with Crippen LogP contribution in [0.25, 0.3) is 0 Å². The van der Waals surface area contributed by atoms with Crippen molar-refractivity contribution in [3.05, 3.63) is 64.3 Å². The predicted octanol–water partition coefficient (Wildman–Crippen LogP) is 2.11. The van der Waals surface area contributed by atoms with Gasteiger partial charge in [0.2, 0.25) is 5.56 Å². The number of urea groups is 1. The van der Waals surface area contributed by atoms with Gasteiger partial charge in [-0.1, -0.05) is 12.1 Å². The number of pyridine rings is 1. The van der Waals surface area contributed by atoms with Gasteiger partial charge in [-0.2, -0.15) is 0 Å². The number of rotatable bonds is 3. The molecule has 1 aromatic carbocycles. The molecule has 0 bridgehead atoms. The second-order valence-corrected chi connectivity index (χ2v) is 6.08. The number of aromatic amines is 1. The maximum Gasteiger partial charge on any atom is 0.317 e. The van der Waals surface area contributed by atoms with Crippen LogP contribution in [0.5, 0.6) is 0 Å². The highest BCUT2D eigenvalue weighted by atomic mass is 19.1. The molecule has 0 saturated carbocycles. The zero-order valence-electron chi connectivity index (χ0n) is 14.0. The molecule has 6 nitrogen and oxygen atoms in total. The topological polar surface area (TPSA) is 68.4 Å². The molecule has 1 aliphatic heterocycles. The third-order valence-electron chi connectivity index (χ3n) is 4.40. The van der Waals surface area contributed by atoms with Crippen LogP contribution in [0.1, 0.15) is 18.5 Å². The monoisotopic (exact) mass is 344 g/mol. The molecule has 2 N–H and O–H groups in total. The van der Waals surface area contributed by atoms with E-state index in [4.69, 9.17) is 0 Å². The fourth-order valence-electron chi connectivity index (χ4n) is 2.95. The first-order chi connectivity index (χ1) is 12.0. The summed E-state index contributed by atoms with van der Waals surface area (Å²) in [5, 5.41) is 2.90. The summed E-state index contributed by atoms with van der Waals surface area (Å²) in [6.45, 7) is 4.02. The van der Waals surface area contributed by atoms with E-state index in [-0.39, 0.29) is 23.4 Å². The Morgan fingerprint density at radius 3 is 2.60 bits per heavy atom. The van der Waals surface area contributed by atoms with Crippen LogP contribution in [0.2, 0.25) is 0 Å². The van der Waals surface area contributed by atoms with Crippen molar-refractivity contribution in [3.8, 4) is 0 Å². The molecule has 2 aromatic rings. The van der Waals surface area contributed by atoms with Crippen molar-refractivity contribution < 1.29 is 9.18 Å². The van der Waals surface area contributed by atoms with E-state index in [2.05, 4.69) is 10.3 Å². The van der Waals surface area contributed by atoms with Gasteiger partial charge in [0.25, 0.3) is 0 Å². The molecule has 1 fully saturated rings. The number of benzene rings is 1. The number of aromatic nitrogens is 1. The van der Waals surface area contributed by atoms with E-state index in [1.54, 1.807) is 35.4 Å². The van der Waals surface area contributed by atoms with Crippen molar-refractivity contribution in [2.75, 3.05) is 31.1 Å². The second-order valence-electron chi connectivity index (χ2n) is 6.08. The lowest BCUT2D eigenvalue weighted by molar-refractivity contribution is 0.191. The average Bonchev–Trinajstić information content (AvgIpc) is 2.62. The normalized spacial score (nSPS) is 15.8.